The molecule has 5 heteroatoms. The van der Waals surface area contributed by atoms with Gasteiger partial charge in [0, 0.05) is 51.1 Å². The fraction of sp³-hybridized carbons (Fsp3) is 0. The Morgan fingerprint density at radius 3 is 1.90 bits per heavy atom. The number of nitrogen functional groups attached to an aromatic ring is 2. The highest BCUT2D eigenvalue weighted by molar-refractivity contribution is 8.00. The molecule has 0 amide bonds. The van der Waals surface area contributed by atoms with Gasteiger partial charge in [0.15, 0.2) is 0 Å². The molecule has 0 radical (unpaired) electrons. The highest BCUT2D eigenvalue weighted by Crippen LogP contribution is 2.43. The maximum Gasteiger partial charge on any atom is 0.0494 e. The second-order valence-corrected chi connectivity index (χ2v) is 10.0. The van der Waals surface area contributed by atoms with Crippen molar-refractivity contribution in [2.45, 2.75) is 19.6 Å². The lowest BCUT2D eigenvalue weighted by molar-refractivity contribution is 1.43. The number of anilines is 2. The van der Waals surface area contributed by atoms with Gasteiger partial charge in [0.25, 0.3) is 0 Å². The first-order chi connectivity index (χ1) is 14.2. The van der Waals surface area contributed by atoms with Crippen LogP contribution in [0.1, 0.15) is 0 Å². The van der Waals surface area contributed by atoms with Gasteiger partial charge in [0.1, 0.15) is 0 Å². The number of fused-ring (bicyclic) bond motifs is 3. The fourth-order valence-electron chi connectivity index (χ4n) is 3.23. The zero-order valence-electron chi connectivity index (χ0n) is 15.5. The third-order valence-electron chi connectivity index (χ3n) is 4.66. The second kappa shape index (κ2) is 7.67. The summed E-state index contributed by atoms with van der Waals surface area (Å²) in [6.07, 6.45) is 0. The minimum absolute atomic E-state index is 0.791. The lowest BCUT2D eigenvalue weighted by Gasteiger charge is -2.04. The van der Waals surface area contributed by atoms with Gasteiger partial charge in [-0.15, -0.1) is 11.3 Å². The summed E-state index contributed by atoms with van der Waals surface area (Å²) in [5.41, 5.74) is 13.2. The van der Waals surface area contributed by atoms with Crippen molar-refractivity contribution in [2.75, 3.05) is 11.5 Å². The number of hydrogen-bond acceptors (Lipinski definition) is 5. The van der Waals surface area contributed by atoms with Crippen molar-refractivity contribution in [3.63, 3.8) is 0 Å². The van der Waals surface area contributed by atoms with Crippen molar-refractivity contribution in [3.8, 4) is 0 Å². The number of nitrogens with two attached hydrogens (primary N) is 2. The molecule has 1 heterocycles. The van der Waals surface area contributed by atoms with Crippen molar-refractivity contribution in [1.29, 1.82) is 0 Å². The summed E-state index contributed by atoms with van der Waals surface area (Å²) in [6, 6.07) is 29.4. The molecule has 2 nitrogen and oxygen atoms in total. The van der Waals surface area contributed by atoms with Gasteiger partial charge in [0.2, 0.25) is 0 Å². The molecule has 29 heavy (non-hydrogen) atoms. The Morgan fingerprint density at radius 2 is 1.21 bits per heavy atom. The van der Waals surface area contributed by atoms with Crippen LogP contribution in [0.3, 0.4) is 0 Å². The first kappa shape index (κ1) is 18.4. The molecule has 0 unspecified atom stereocenters. The Balaban J connectivity index is 1.53. The summed E-state index contributed by atoms with van der Waals surface area (Å²) < 4.78 is 2.64. The molecular weight excluding hydrogens is 412 g/mol. The molecule has 0 saturated heterocycles. The van der Waals surface area contributed by atoms with E-state index in [2.05, 4.69) is 60.7 Å². The zero-order valence-corrected chi connectivity index (χ0v) is 17.9. The fourth-order valence-corrected chi connectivity index (χ4v) is 6.30. The molecule has 0 fully saturated rings. The molecule has 0 atom stereocenters. The monoisotopic (exact) mass is 430 g/mol. The topological polar surface area (TPSA) is 52.0 Å². The van der Waals surface area contributed by atoms with Gasteiger partial charge >= 0.3 is 0 Å². The second-order valence-electron chi connectivity index (χ2n) is 6.74. The van der Waals surface area contributed by atoms with E-state index in [4.69, 9.17) is 11.5 Å². The van der Waals surface area contributed by atoms with Crippen molar-refractivity contribution in [2.24, 2.45) is 0 Å². The summed E-state index contributed by atoms with van der Waals surface area (Å²) in [7, 11) is 0. The Hall–Kier alpha value is -2.60. The third-order valence-corrected chi connectivity index (χ3v) is 8.07. The SMILES string of the molecule is Nc1ccc(Sc2ccc3sc4c(Sc5ccc(N)cc5)cccc4c3c2)cc1. The normalized spacial score (nSPS) is 11.3. The van der Waals surface area contributed by atoms with E-state index in [1.807, 2.05) is 35.6 Å². The van der Waals surface area contributed by atoms with Crippen LogP contribution >= 0.6 is 34.9 Å². The summed E-state index contributed by atoms with van der Waals surface area (Å²) in [5.74, 6) is 0. The average Bonchev–Trinajstić information content (AvgIpc) is 3.11. The van der Waals surface area contributed by atoms with Crippen LogP contribution in [0, 0.1) is 0 Å². The Labute approximate surface area is 181 Å². The Kier molecular flexibility index (Phi) is 4.87. The number of hydrogen-bond donors (Lipinski definition) is 2. The van der Waals surface area contributed by atoms with Crippen LogP contribution in [-0.2, 0) is 0 Å². The molecular formula is C24H18N2S3. The summed E-state index contributed by atoms with van der Waals surface area (Å²) in [4.78, 5) is 4.90. The molecule has 142 valence electrons. The van der Waals surface area contributed by atoms with E-state index in [0.29, 0.717) is 0 Å². The third kappa shape index (κ3) is 3.81. The van der Waals surface area contributed by atoms with E-state index < -0.39 is 0 Å². The molecule has 0 saturated carbocycles. The molecule has 1 aromatic heterocycles. The first-order valence-corrected chi connectivity index (χ1v) is 11.6. The maximum atomic E-state index is 5.82. The zero-order chi connectivity index (χ0) is 19.8. The number of benzene rings is 4. The molecule has 0 aliphatic heterocycles. The van der Waals surface area contributed by atoms with Crippen molar-refractivity contribution < 1.29 is 0 Å². The maximum absolute atomic E-state index is 5.82. The van der Waals surface area contributed by atoms with Gasteiger partial charge in [-0.2, -0.15) is 0 Å². The molecule has 0 spiro atoms. The first-order valence-electron chi connectivity index (χ1n) is 9.18. The molecule has 4 N–H and O–H groups in total. The van der Waals surface area contributed by atoms with Gasteiger partial charge in [-0.25, -0.2) is 0 Å². The van der Waals surface area contributed by atoms with Gasteiger partial charge in [-0.05, 0) is 72.8 Å². The van der Waals surface area contributed by atoms with Gasteiger partial charge in [-0.3, -0.25) is 0 Å². The number of rotatable bonds is 4. The molecule has 5 rings (SSSR count). The van der Waals surface area contributed by atoms with Gasteiger partial charge in [-0.1, -0.05) is 35.7 Å². The van der Waals surface area contributed by atoms with Crippen molar-refractivity contribution >= 4 is 66.4 Å². The summed E-state index contributed by atoms with van der Waals surface area (Å²) >= 11 is 5.41. The Bertz CT molecular complexity index is 1310. The smallest absolute Gasteiger partial charge is 0.0494 e. The predicted molar refractivity (Wildman–Crippen MR) is 129 cm³/mol. The van der Waals surface area contributed by atoms with Crippen LogP contribution in [0.2, 0.25) is 0 Å². The van der Waals surface area contributed by atoms with Crippen LogP contribution in [-0.4, -0.2) is 0 Å². The largest absolute Gasteiger partial charge is 0.399 e. The number of thiophene rings is 1. The summed E-state index contributed by atoms with van der Waals surface area (Å²) in [5, 5.41) is 2.62. The molecule has 0 bridgehead atoms. The van der Waals surface area contributed by atoms with Crippen molar-refractivity contribution in [3.05, 3.63) is 84.9 Å². The summed E-state index contributed by atoms with van der Waals surface area (Å²) in [6.45, 7) is 0. The minimum Gasteiger partial charge on any atom is -0.399 e. The molecule has 0 aliphatic rings. The van der Waals surface area contributed by atoms with E-state index in [9.17, 15) is 0 Å². The standard InChI is InChI=1S/C24H18N2S3/c25-15-4-8-17(9-5-15)27-19-12-13-22-21(14-19)20-2-1-3-23(24(20)29-22)28-18-10-6-16(26)7-11-18/h1-14H,25-26H2. The van der Waals surface area contributed by atoms with Crippen LogP contribution < -0.4 is 11.5 Å². The van der Waals surface area contributed by atoms with Crippen LogP contribution in [0.5, 0.6) is 0 Å². The van der Waals surface area contributed by atoms with E-state index in [-0.39, 0.29) is 0 Å². The van der Waals surface area contributed by atoms with E-state index in [1.165, 1.54) is 39.8 Å². The van der Waals surface area contributed by atoms with Crippen molar-refractivity contribution in [1.82, 2.24) is 0 Å². The van der Waals surface area contributed by atoms with Gasteiger partial charge in [0.05, 0.1) is 0 Å². The van der Waals surface area contributed by atoms with Crippen LogP contribution in [0.25, 0.3) is 20.2 Å². The molecule has 4 aromatic carbocycles. The van der Waals surface area contributed by atoms with E-state index in [0.717, 1.165) is 11.4 Å². The molecule has 0 aliphatic carbocycles. The predicted octanol–water partition coefficient (Wildman–Crippen LogP) is 7.52. The highest BCUT2D eigenvalue weighted by Gasteiger charge is 2.11. The quantitative estimate of drug-likeness (QED) is 0.289. The van der Waals surface area contributed by atoms with Gasteiger partial charge < -0.3 is 11.5 Å². The van der Waals surface area contributed by atoms with E-state index in [1.54, 1.807) is 23.5 Å². The average molecular weight is 431 g/mol. The highest BCUT2D eigenvalue weighted by atomic mass is 32.2. The van der Waals surface area contributed by atoms with Crippen LogP contribution in [0.15, 0.2) is 105 Å². The lowest BCUT2D eigenvalue weighted by Crippen LogP contribution is -1.82. The van der Waals surface area contributed by atoms with E-state index >= 15 is 0 Å². The Morgan fingerprint density at radius 1 is 0.586 bits per heavy atom. The lowest BCUT2D eigenvalue weighted by atomic mass is 10.1. The molecule has 5 aromatic rings. The van der Waals surface area contributed by atoms with Crippen LogP contribution in [0.4, 0.5) is 11.4 Å². The minimum atomic E-state index is 0.791.